The fourth-order valence-corrected chi connectivity index (χ4v) is 1.36. The van der Waals surface area contributed by atoms with Gasteiger partial charge in [0.25, 0.3) is 5.56 Å². The van der Waals surface area contributed by atoms with Crippen molar-refractivity contribution in [3.05, 3.63) is 58.0 Å². The maximum atomic E-state index is 13.4. The summed E-state index contributed by atoms with van der Waals surface area (Å²) in [5.41, 5.74) is -1.57. The van der Waals surface area contributed by atoms with Crippen LogP contribution in [0.15, 0.2) is 35.3 Å². The van der Waals surface area contributed by atoms with E-state index >= 15 is 0 Å². The van der Waals surface area contributed by atoms with Crippen LogP contribution >= 0.6 is 0 Å². The van der Waals surface area contributed by atoms with E-state index in [1.807, 2.05) is 0 Å². The SMILES string of the molecule is O=C(O)c1cnn(-c2cccc(F)c2F)c(=O)c1. The molecule has 5 nitrogen and oxygen atoms in total. The minimum atomic E-state index is -1.33. The smallest absolute Gasteiger partial charge is 0.337 e. The molecule has 0 saturated carbocycles. The van der Waals surface area contributed by atoms with E-state index in [0.29, 0.717) is 4.68 Å². The number of aromatic nitrogens is 2. The molecule has 2 rings (SSSR count). The van der Waals surface area contributed by atoms with Crippen LogP contribution in [0.25, 0.3) is 5.69 Å². The maximum absolute atomic E-state index is 13.4. The van der Waals surface area contributed by atoms with Crippen molar-refractivity contribution in [2.24, 2.45) is 0 Å². The number of hydrogen-bond donors (Lipinski definition) is 1. The van der Waals surface area contributed by atoms with Gasteiger partial charge in [-0.05, 0) is 12.1 Å². The van der Waals surface area contributed by atoms with Crippen molar-refractivity contribution in [1.29, 1.82) is 0 Å². The first-order valence-corrected chi connectivity index (χ1v) is 4.78. The van der Waals surface area contributed by atoms with E-state index in [0.717, 1.165) is 24.4 Å². The monoisotopic (exact) mass is 252 g/mol. The largest absolute Gasteiger partial charge is 0.478 e. The van der Waals surface area contributed by atoms with Gasteiger partial charge in [0.05, 0.1) is 11.8 Å². The number of nitrogens with zero attached hydrogens (tertiary/aromatic N) is 2. The molecule has 1 aromatic carbocycles. The average Bonchev–Trinajstić information content (AvgIpc) is 2.33. The second-order valence-electron chi connectivity index (χ2n) is 3.37. The van der Waals surface area contributed by atoms with Gasteiger partial charge in [0, 0.05) is 6.07 Å². The summed E-state index contributed by atoms with van der Waals surface area (Å²) >= 11 is 0. The van der Waals surface area contributed by atoms with Gasteiger partial charge in [-0.15, -0.1) is 0 Å². The van der Waals surface area contributed by atoms with Crippen molar-refractivity contribution in [2.75, 3.05) is 0 Å². The third-order valence-electron chi connectivity index (χ3n) is 2.21. The molecule has 0 aliphatic carbocycles. The molecule has 0 atom stereocenters. The van der Waals surface area contributed by atoms with Crippen LogP contribution in [-0.2, 0) is 0 Å². The van der Waals surface area contributed by atoms with Crippen LogP contribution in [0.3, 0.4) is 0 Å². The molecule has 1 N–H and O–H groups in total. The summed E-state index contributed by atoms with van der Waals surface area (Å²) in [5, 5.41) is 12.1. The van der Waals surface area contributed by atoms with Gasteiger partial charge in [-0.25, -0.2) is 13.6 Å². The van der Waals surface area contributed by atoms with Crippen molar-refractivity contribution >= 4 is 5.97 Å². The Bertz CT molecular complexity index is 682. The Balaban J connectivity index is 2.62. The zero-order valence-electron chi connectivity index (χ0n) is 8.80. The molecule has 1 aromatic heterocycles. The van der Waals surface area contributed by atoms with Crippen LogP contribution in [0.4, 0.5) is 8.78 Å². The summed E-state index contributed by atoms with van der Waals surface area (Å²) in [4.78, 5) is 22.2. The number of halogens is 2. The molecule has 0 spiro atoms. The predicted molar refractivity (Wildman–Crippen MR) is 56.7 cm³/mol. The highest BCUT2D eigenvalue weighted by molar-refractivity contribution is 5.86. The highest BCUT2D eigenvalue weighted by Gasteiger charge is 2.13. The van der Waals surface area contributed by atoms with Crippen molar-refractivity contribution in [3.8, 4) is 5.69 Å². The Morgan fingerprint density at radius 3 is 2.67 bits per heavy atom. The van der Waals surface area contributed by atoms with Gasteiger partial charge >= 0.3 is 5.97 Å². The number of carboxylic acids is 1. The molecule has 0 amide bonds. The molecular weight excluding hydrogens is 246 g/mol. The van der Waals surface area contributed by atoms with Gasteiger partial charge in [-0.3, -0.25) is 4.79 Å². The van der Waals surface area contributed by atoms with Gasteiger partial charge in [-0.2, -0.15) is 9.78 Å². The lowest BCUT2D eigenvalue weighted by molar-refractivity contribution is 0.0696. The molecule has 92 valence electrons. The molecule has 0 fully saturated rings. The molecular formula is C11H6F2N2O3. The molecule has 0 aliphatic heterocycles. The molecule has 7 heteroatoms. The summed E-state index contributed by atoms with van der Waals surface area (Å²) in [6.07, 6.45) is 0.883. The molecule has 0 saturated heterocycles. The van der Waals surface area contributed by atoms with Gasteiger partial charge in [0.1, 0.15) is 5.69 Å². The van der Waals surface area contributed by atoms with Crippen molar-refractivity contribution in [1.82, 2.24) is 9.78 Å². The summed E-state index contributed by atoms with van der Waals surface area (Å²) in [6.45, 7) is 0. The summed E-state index contributed by atoms with van der Waals surface area (Å²) in [6, 6.07) is 4.05. The first-order chi connectivity index (χ1) is 8.50. The van der Waals surface area contributed by atoms with Crippen LogP contribution in [0, 0.1) is 11.6 Å². The summed E-state index contributed by atoms with van der Waals surface area (Å²) in [7, 11) is 0. The van der Waals surface area contributed by atoms with E-state index in [-0.39, 0.29) is 11.3 Å². The fraction of sp³-hybridized carbons (Fsp3) is 0. The van der Waals surface area contributed by atoms with E-state index in [4.69, 9.17) is 5.11 Å². The lowest BCUT2D eigenvalue weighted by Gasteiger charge is -2.05. The lowest BCUT2D eigenvalue weighted by Crippen LogP contribution is -2.23. The Morgan fingerprint density at radius 1 is 1.33 bits per heavy atom. The van der Waals surface area contributed by atoms with Crippen LogP contribution in [0.5, 0.6) is 0 Å². The number of carboxylic acid groups (broad SMARTS) is 1. The highest BCUT2D eigenvalue weighted by Crippen LogP contribution is 2.13. The first-order valence-electron chi connectivity index (χ1n) is 4.78. The first kappa shape index (κ1) is 11.9. The molecule has 0 radical (unpaired) electrons. The predicted octanol–water partition coefficient (Wildman–Crippen LogP) is 1.21. The third kappa shape index (κ3) is 1.97. The van der Waals surface area contributed by atoms with Crippen LogP contribution < -0.4 is 5.56 Å². The van der Waals surface area contributed by atoms with Gasteiger partial charge in [0.2, 0.25) is 0 Å². The third-order valence-corrected chi connectivity index (χ3v) is 2.21. The summed E-state index contributed by atoms with van der Waals surface area (Å²) in [5.74, 6) is -3.68. The number of rotatable bonds is 2. The van der Waals surface area contributed by atoms with E-state index in [1.54, 1.807) is 0 Å². The minimum Gasteiger partial charge on any atom is -0.478 e. The van der Waals surface area contributed by atoms with Gasteiger partial charge < -0.3 is 5.11 Å². The molecule has 1 heterocycles. The van der Waals surface area contributed by atoms with Crippen LogP contribution in [0.1, 0.15) is 10.4 Å². The second kappa shape index (κ2) is 4.36. The second-order valence-corrected chi connectivity index (χ2v) is 3.37. The quantitative estimate of drug-likeness (QED) is 0.871. The van der Waals surface area contributed by atoms with E-state index in [2.05, 4.69) is 5.10 Å². The molecule has 0 unspecified atom stereocenters. The maximum Gasteiger partial charge on any atom is 0.337 e. The molecule has 2 aromatic rings. The Labute approximate surface area is 98.9 Å². The summed E-state index contributed by atoms with van der Waals surface area (Å²) < 4.78 is 27.0. The molecule has 0 aliphatic rings. The number of benzene rings is 1. The fourth-order valence-electron chi connectivity index (χ4n) is 1.36. The van der Waals surface area contributed by atoms with E-state index in [1.165, 1.54) is 6.07 Å². The Morgan fingerprint density at radius 2 is 2.06 bits per heavy atom. The zero-order valence-corrected chi connectivity index (χ0v) is 8.80. The number of carbonyl (C=O) groups is 1. The molecule has 0 bridgehead atoms. The van der Waals surface area contributed by atoms with Crippen molar-refractivity contribution < 1.29 is 18.7 Å². The van der Waals surface area contributed by atoms with E-state index in [9.17, 15) is 18.4 Å². The molecule has 18 heavy (non-hydrogen) atoms. The Kier molecular flexibility index (Phi) is 2.88. The topological polar surface area (TPSA) is 72.2 Å². The normalized spacial score (nSPS) is 10.3. The minimum absolute atomic E-state index is 0.326. The zero-order chi connectivity index (χ0) is 13.3. The van der Waals surface area contributed by atoms with Gasteiger partial charge in [0.15, 0.2) is 11.6 Å². The average molecular weight is 252 g/mol. The number of hydrogen-bond acceptors (Lipinski definition) is 3. The lowest BCUT2D eigenvalue weighted by atomic mass is 10.3. The van der Waals surface area contributed by atoms with Crippen molar-refractivity contribution in [3.63, 3.8) is 0 Å². The van der Waals surface area contributed by atoms with Crippen LogP contribution in [-0.4, -0.2) is 20.9 Å². The van der Waals surface area contributed by atoms with Crippen molar-refractivity contribution in [2.45, 2.75) is 0 Å². The number of aromatic carboxylic acids is 1. The Hall–Kier alpha value is -2.57. The van der Waals surface area contributed by atoms with E-state index < -0.39 is 23.2 Å². The standard InChI is InChI=1S/C11H6F2N2O3/c12-7-2-1-3-8(10(7)13)15-9(16)4-6(5-14-15)11(17)18/h1-5H,(H,17,18). The van der Waals surface area contributed by atoms with Crippen LogP contribution in [0.2, 0.25) is 0 Å². The highest BCUT2D eigenvalue weighted by atomic mass is 19.2. The van der Waals surface area contributed by atoms with Gasteiger partial charge in [-0.1, -0.05) is 6.07 Å².